The number of benzene rings is 1. The van der Waals surface area contributed by atoms with E-state index in [9.17, 15) is 9.59 Å². The van der Waals surface area contributed by atoms with Crippen molar-refractivity contribution in [1.29, 1.82) is 0 Å². The van der Waals surface area contributed by atoms with Crippen LogP contribution in [0.4, 0.5) is 5.69 Å². The number of hydrogen-bond acceptors (Lipinski definition) is 5. The van der Waals surface area contributed by atoms with E-state index in [1.165, 1.54) is 20.0 Å². The minimum absolute atomic E-state index is 0.152. The predicted octanol–water partition coefficient (Wildman–Crippen LogP) is 2.13. The second-order valence-electron chi connectivity index (χ2n) is 4.75. The molecule has 0 radical (unpaired) electrons. The lowest BCUT2D eigenvalue weighted by Gasteiger charge is -2.29. The van der Waals surface area contributed by atoms with Gasteiger partial charge in [-0.1, -0.05) is 12.1 Å². The van der Waals surface area contributed by atoms with Crippen LogP contribution in [0.2, 0.25) is 0 Å². The van der Waals surface area contributed by atoms with E-state index in [1.807, 2.05) is 31.2 Å². The molecule has 0 unspecified atom stereocenters. The molecule has 0 amide bonds. The zero-order valence-electron chi connectivity index (χ0n) is 11.0. The molecule has 0 aliphatic carbocycles. The van der Waals surface area contributed by atoms with Crippen molar-refractivity contribution < 1.29 is 19.1 Å². The molecule has 0 bridgehead atoms. The molecule has 1 N–H and O–H groups in total. The molecule has 1 aromatic carbocycles. The summed E-state index contributed by atoms with van der Waals surface area (Å²) in [6.07, 6.45) is 1.30. The topological polar surface area (TPSA) is 64.6 Å². The van der Waals surface area contributed by atoms with Gasteiger partial charge < -0.3 is 14.8 Å². The highest BCUT2D eigenvalue weighted by molar-refractivity contribution is 6.15. The third-order valence-electron chi connectivity index (χ3n) is 2.52. The van der Waals surface area contributed by atoms with E-state index in [2.05, 4.69) is 5.32 Å². The molecule has 0 saturated carbocycles. The number of anilines is 1. The van der Waals surface area contributed by atoms with Gasteiger partial charge in [0.1, 0.15) is 0 Å². The van der Waals surface area contributed by atoms with Crippen LogP contribution in [0.25, 0.3) is 0 Å². The highest BCUT2D eigenvalue weighted by atomic mass is 16.7. The maximum absolute atomic E-state index is 11.7. The number of carbonyl (C=O) groups is 2. The van der Waals surface area contributed by atoms with E-state index in [-0.39, 0.29) is 5.57 Å². The first-order valence-electron chi connectivity index (χ1n) is 5.87. The maximum atomic E-state index is 11.7. The normalized spacial score (nSPS) is 17.5. The summed E-state index contributed by atoms with van der Waals surface area (Å²) in [5, 5.41) is 2.88. The van der Waals surface area contributed by atoms with Gasteiger partial charge in [0.25, 0.3) is 5.79 Å². The van der Waals surface area contributed by atoms with E-state index in [4.69, 9.17) is 9.47 Å². The fraction of sp³-hybridized carbons (Fsp3) is 0.286. The molecule has 1 heterocycles. The zero-order chi connectivity index (χ0) is 14.0. The minimum atomic E-state index is -1.21. The summed E-state index contributed by atoms with van der Waals surface area (Å²) in [6.45, 7) is 4.96. The van der Waals surface area contributed by atoms with Crippen LogP contribution in [-0.2, 0) is 19.1 Å². The van der Waals surface area contributed by atoms with Gasteiger partial charge in [0.05, 0.1) is 0 Å². The highest BCUT2D eigenvalue weighted by Gasteiger charge is 2.38. The number of carbonyl (C=O) groups excluding carboxylic acids is 2. The molecule has 0 aromatic heterocycles. The standard InChI is InChI=1S/C14H15NO4/c1-9-5-4-6-10(7-9)15-8-11-12(16)18-14(2,3)19-13(11)17/h4-8,15H,1-3H3. The van der Waals surface area contributed by atoms with Crippen molar-refractivity contribution in [2.45, 2.75) is 26.6 Å². The summed E-state index contributed by atoms with van der Waals surface area (Å²) in [7, 11) is 0. The van der Waals surface area contributed by atoms with Gasteiger partial charge >= 0.3 is 11.9 Å². The molecular formula is C14H15NO4. The summed E-state index contributed by atoms with van der Waals surface area (Å²) < 4.78 is 9.96. The van der Waals surface area contributed by atoms with Gasteiger partial charge in [0.15, 0.2) is 5.57 Å². The van der Waals surface area contributed by atoms with E-state index in [0.717, 1.165) is 11.3 Å². The average molecular weight is 261 g/mol. The molecule has 1 saturated heterocycles. The van der Waals surface area contributed by atoms with Crippen LogP contribution in [0, 0.1) is 6.92 Å². The number of rotatable bonds is 2. The molecule has 1 aliphatic rings. The number of nitrogens with one attached hydrogen (secondary N) is 1. The molecule has 0 spiro atoms. The van der Waals surface area contributed by atoms with Gasteiger partial charge in [-0.2, -0.15) is 0 Å². The minimum Gasteiger partial charge on any atom is -0.419 e. The lowest BCUT2D eigenvalue weighted by atomic mass is 10.2. The van der Waals surface area contributed by atoms with Gasteiger partial charge in [0, 0.05) is 25.7 Å². The quantitative estimate of drug-likeness (QED) is 0.502. The van der Waals surface area contributed by atoms with Crippen molar-refractivity contribution in [1.82, 2.24) is 0 Å². The summed E-state index contributed by atoms with van der Waals surface area (Å²) in [5.41, 5.74) is 1.69. The Morgan fingerprint density at radius 3 is 2.37 bits per heavy atom. The summed E-state index contributed by atoms with van der Waals surface area (Å²) in [4.78, 5) is 23.4. The number of hydrogen-bond donors (Lipinski definition) is 1. The van der Waals surface area contributed by atoms with Gasteiger partial charge in [0.2, 0.25) is 0 Å². The number of ether oxygens (including phenoxy) is 2. The lowest BCUT2D eigenvalue weighted by molar-refractivity contribution is -0.222. The highest BCUT2D eigenvalue weighted by Crippen LogP contribution is 2.22. The van der Waals surface area contributed by atoms with E-state index in [0.29, 0.717) is 0 Å². The maximum Gasteiger partial charge on any atom is 0.350 e. The molecule has 5 nitrogen and oxygen atoms in total. The van der Waals surface area contributed by atoms with Gasteiger partial charge in [-0.05, 0) is 24.6 Å². The average Bonchev–Trinajstić information content (AvgIpc) is 2.26. The predicted molar refractivity (Wildman–Crippen MR) is 69.1 cm³/mol. The monoisotopic (exact) mass is 261 g/mol. The Morgan fingerprint density at radius 1 is 1.16 bits per heavy atom. The second kappa shape index (κ2) is 4.76. The van der Waals surface area contributed by atoms with Crippen LogP contribution in [0.1, 0.15) is 19.4 Å². The molecule has 0 atom stereocenters. The van der Waals surface area contributed by atoms with Crippen LogP contribution < -0.4 is 5.32 Å². The zero-order valence-corrected chi connectivity index (χ0v) is 11.0. The molecule has 2 rings (SSSR count). The summed E-state index contributed by atoms with van der Waals surface area (Å²) >= 11 is 0. The molecule has 1 fully saturated rings. The Bertz CT molecular complexity index is 538. The van der Waals surface area contributed by atoms with E-state index in [1.54, 1.807) is 0 Å². The summed E-state index contributed by atoms with van der Waals surface area (Å²) in [5.74, 6) is -2.60. The smallest absolute Gasteiger partial charge is 0.350 e. The van der Waals surface area contributed by atoms with Crippen LogP contribution in [-0.4, -0.2) is 17.7 Å². The third-order valence-corrected chi connectivity index (χ3v) is 2.52. The first kappa shape index (κ1) is 13.1. The Morgan fingerprint density at radius 2 is 1.79 bits per heavy atom. The van der Waals surface area contributed by atoms with Crippen LogP contribution >= 0.6 is 0 Å². The fourth-order valence-electron chi connectivity index (χ4n) is 1.67. The van der Waals surface area contributed by atoms with Gasteiger partial charge in [-0.25, -0.2) is 9.59 Å². The van der Waals surface area contributed by atoms with E-state index < -0.39 is 17.7 Å². The van der Waals surface area contributed by atoms with Crippen molar-refractivity contribution in [2.24, 2.45) is 0 Å². The van der Waals surface area contributed by atoms with Gasteiger partial charge in [-0.15, -0.1) is 0 Å². The van der Waals surface area contributed by atoms with Crippen LogP contribution in [0.3, 0.4) is 0 Å². The molecular weight excluding hydrogens is 246 g/mol. The molecule has 100 valence electrons. The number of aryl methyl sites for hydroxylation is 1. The third kappa shape index (κ3) is 3.13. The number of esters is 2. The molecule has 1 aliphatic heterocycles. The lowest BCUT2D eigenvalue weighted by Crippen LogP contribution is -2.42. The fourth-order valence-corrected chi connectivity index (χ4v) is 1.67. The molecule has 19 heavy (non-hydrogen) atoms. The van der Waals surface area contributed by atoms with Crippen molar-refractivity contribution in [3.63, 3.8) is 0 Å². The van der Waals surface area contributed by atoms with Crippen LogP contribution in [0.15, 0.2) is 36.0 Å². The molecule has 1 aromatic rings. The Balaban J connectivity index is 2.15. The van der Waals surface area contributed by atoms with Crippen molar-refractivity contribution >= 4 is 17.6 Å². The second-order valence-corrected chi connectivity index (χ2v) is 4.75. The Labute approximate surface area is 111 Å². The SMILES string of the molecule is Cc1cccc(NC=C2C(=O)OC(C)(C)OC2=O)c1. The van der Waals surface area contributed by atoms with Gasteiger partial charge in [-0.3, -0.25) is 0 Å². The van der Waals surface area contributed by atoms with Crippen LogP contribution in [0.5, 0.6) is 0 Å². The van der Waals surface area contributed by atoms with E-state index >= 15 is 0 Å². The Kier molecular flexibility index (Phi) is 3.29. The first-order valence-corrected chi connectivity index (χ1v) is 5.87. The largest absolute Gasteiger partial charge is 0.419 e. The van der Waals surface area contributed by atoms with Crippen molar-refractivity contribution in [3.05, 3.63) is 41.6 Å². The number of cyclic esters (lactones) is 2. The molecule has 5 heteroatoms. The Hall–Kier alpha value is -2.30. The van der Waals surface area contributed by atoms with Crippen molar-refractivity contribution in [2.75, 3.05) is 5.32 Å². The summed E-state index contributed by atoms with van der Waals surface area (Å²) in [6, 6.07) is 7.54. The first-order chi connectivity index (χ1) is 8.87. The van der Waals surface area contributed by atoms with Crippen molar-refractivity contribution in [3.8, 4) is 0 Å².